The lowest BCUT2D eigenvalue weighted by molar-refractivity contribution is -0.145. The smallest absolute Gasteiger partial charge is 0.326 e. The fourth-order valence-electron chi connectivity index (χ4n) is 2.57. The van der Waals surface area contributed by atoms with Crippen molar-refractivity contribution in [2.24, 2.45) is 5.92 Å². The van der Waals surface area contributed by atoms with Crippen molar-refractivity contribution in [2.45, 2.75) is 20.4 Å². The second-order valence-electron chi connectivity index (χ2n) is 6.43. The summed E-state index contributed by atoms with van der Waals surface area (Å²) >= 11 is 5.96. The lowest BCUT2D eigenvalue weighted by atomic mass is 10.2. The van der Waals surface area contributed by atoms with Crippen molar-refractivity contribution in [1.82, 2.24) is 9.55 Å². The zero-order chi connectivity index (χ0) is 18.7. The molecule has 0 amide bonds. The summed E-state index contributed by atoms with van der Waals surface area (Å²) in [6, 6.07) is 14.1. The van der Waals surface area contributed by atoms with Crippen molar-refractivity contribution >= 4 is 28.5 Å². The van der Waals surface area contributed by atoms with Gasteiger partial charge in [0.05, 0.1) is 17.5 Å². The number of ether oxygens (including phenoxy) is 1. The number of aromatic nitrogens is 2. The largest absolute Gasteiger partial charge is 0.464 e. The molecule has 0 atom stereocenters. The van der Waals surface area contributed by atoms with Gasteiger partial charge in [-0.25, -0.2) is 4.98 Å². The van der Waals surface area contributed by atoms with Gasteiger partial charge in [-0.05, 0) is 42.3 Å². The number of rotatable bonds is 5. The van der Waals surface area contributed by atoms with Gasteiger partial charge in [0.25, 0.3) is 5.56 Å². The Bertz CT molecular complexity index is 994. The van der Waals surface area contributed by atoms with Crippen LogP contribution < -0.4 is 5.56 Å². The van der Waals surface area contributed by atoms with Crippen LogP contribution in [0.15, 0.2) is 53.3 Å². The number of carbonyl (C=O) groups excluding carboxylic acids is 1. The summed E-state index contributed by atoms with van der Waals surface area (Å²) in [5, 5.41) is 1.04. The first kappa shape index (κ1) is 18.1. The van der Waals surface area contributed by atoms with Gasteiger partial charge in [0, 0.05) is 10.6 Å². The Hall–Kier alpha value is -2.66. The number of benzene rings is 2. The van der Waals surface area contributed by atoms with E-state index in [2.05, 4.69) is 4.98 Å². The summed E-state index contributed by atoms with van der Waals surface area (Å²) in [4.78, 5) is 29.8. The highest BCUT2D eigenvalue weighted by Gasteiger charge is 2.16. The van der Waals surface area contributed by atoms with E-state index in [1.54, 1.807) is 42.5 Å². The zero-order valence-corrected chi connectivity index (χ0v) is 15.4. The molecule has 0 radical (unpaired) electrons. The molecule has 0 saturated heterocycles. The Morgan fingerprint density at radius 1 is 1.15 bits per heavy atom. The topological polar surface area (TPSA) is 61.2 Å². The molecule has 2 aromatic carbocycles. The number of hydrogen-bond donors (Lipinski definition) is 0. The summed E-state index contributed by atoms with van der Waals surface area (Å²) in [6.07, 6.45) is 0. The highest BCUT2D eigenvalue weighted by molar-refractivity contribution is 6.30. The Balaban J connectivity index is 2.10. The average molecular weight is 371 g/mol. The number of para-hydroxylation sites is 1. The van der Waals surface area contributed by atoms with Gasteiger partial charge in [0.2, 0.25) is 0 Å². The summed E-state index contributed by atoms with van der Waals surface area (Å²) in [5.74, 6) is 0.168. The zero-order valence-electron chi connectivity index (χ0n) is 14.6. The van der Waals surface area contributed by atoms with Gasteiger partial charge in [-0.1, -0.05) is 37.6 Å². The Morgan fingerprint density at radius 3 is 2.54 bits per heavy atom. The lowest BCUT2D eigenvalue weighted by Crippen LogP contribution is -2.28. The average Bonchev–Trinajstić information content (AvgIpc) is 2.63. The molecule has 1 heterocycles. The third-order valence-electron chi connectivity index (χ3n) is 3.83. The highest BCUT2D eigenvalue weighted by atomic mass is 35.5. The molecule has 0 aliphatic carbocycles. The molecule has 1 aromatic heterocycles. The van der Waals surface area contributed by atoms with Crippen LogP contribution in [0, 0.1) is 5.92 Å². The normalized spacial score (nSPS) is 11.1. The molecule has 26 heavy (non-hydrogen) atoms. The van der Waals surface area contributed by atoms with Crippen molar-refractivity contribution in [1.29, 1.82) is 0 Å². The van der Waals surface area contributed by atoms with E-state index in [-0.39, 0.29) is 18.0 Å². The molecule has 0 saturated carbocycles. The standard InChI is InChI=1S/C20H19ClN2O3/c1-13(2)12-26-18(24)11-23-19(14-7-9-15(21)10-8-14)22-17-6-4-3-5-16(17)20(23)25/h3-10,13H,11-12H2,1-2H3. The number of nitrogens with zero attached hydrogens (tertiary/aromatic N) is 2. The molecular formula is C20H19ClN2O3. The molecule has 3 rings (SSSR count). The van der Waals surface area contributed by atoms with Crippen molar-refractivity contribution in [3.63, 3.8) is 0 Å². The molecule has 0 N–H and O–H groups in total. The van der Waals surface area contributed by atoms with E-state index in [0.29, 0.717) is 33.9 Å². The lowest BCUT2D eigenvalue weighted by Gasteiger charge is -2.14. The Kier molecular flexibility index (Phi) is 5.38. The molecule has 0 aliphatic heterocycles. The second-order valence-corrected chi connectivity index (χ2v) is 6.86. The SMILES string of the molecule is CC(C)COC(=O)Cn1c(-c2ccc(Cl)cc2)nc2ccccc2c1=O. The van der Waals surface area contributed by atoms with Gasteiger partial charge in [0.15, 0.2) is 0 Å². The first-order valence-corrected chi connectivity index (χ1v) is 8.74. The number of fused-ring (bicyclic) bond motifs is 1. The van der Waals surface area contributed by atoms with Crippen molar-refractivity contribution in [3.05, 3.63) is 63.9 Å². The van der Waals surface area contributed by atoms with Crippen LogP contribution in [-0.4, -0.2) is 22.1 Å². The Labute approximate surface area is 156 Å². The number of carbonyl (C=O) groups is 1. The number of esters is 1. The minimum absolute atomic E-state index is 0.193. The summed E-state index contributed by atoms with van der Waals surface area (Å²) in [6.45, 7) is 4.03. The van der Waals surface area contributed by atoms with Gasteiger partial charge in [0.1, 0.15) is 12.4 Å². The van der Waals surface area contributed by atoms with E-state index in [1.807, 2.05) is 19.9 Å². The maximum atomic E-state index is 13.0. The molecule has 0 spiro atoms. The third kappa shape index (κ3) is 3.94. The van der Waals surface area contributed by atoms with Gasteiger partial charge < -0.3 is 4.74 Å². The molecule has 6 heteroatoms. The van der Waals surface area contributed by atoms with Crippen LogP contribution in [0.5, 0.6) is 0 Å². The first-order valence-electron chi connectivity index (χ1n) is 8.37. The van der Waals surface area contributed by atoms with Crippen LogP contribution >= 0.6 is 11.6 Å². The molecule has 5 nitrogen and oxygen atoms in total. The van der Waals surface area contributed by atoms with Gasteiger partial charge in [-0.2, -0.15) is 0 Å². The van der Waals surface area contributed by atoms with Crippen LogP contribution in [0.2, 0.25) is 5.02 Å². The first-order chi connectivity index (χ1) is 12.5. The maximum Gasteiger partial charge on any atom is 0.326 e. The van der Waals surface area contributed by atoms with E-state index in [1.165, 1.54) is 4.57 Å². The fourth-order valence-corrected chi connectivity index (χ4v) is 2.69. The minimum atomic E-state index is -0.465. The quantitative estimate of drug-likeness (QED) is 0.639. The number of hydrogen-bond acceptors (Lipinski definition) is 4. The molecule has 0 aliphatic rings. The van der Waals surface area contributed by atoms with Crippen molar-refractivity contribution in [2.75, 3.05) is 6.61 Å². The minimum Gasteiger partial charge on any atom is -0.464 e. The van der Waals surface area contributed by atoms with Crippen LogP contribution in [-0.2, 0) is 16.1 Å². The van der Waals surface area contributed by atoms with Crippen LogP contribution in [0.4, 0.5) is 0 Å². The molecule has 0 unspecified atom stereocenters. The van der Waals surface area contributed by atoms with Crippen LogP contribution in [0.25, 0.3) is 22.3 Å². The molecule has 0 fully saturated rings. The van der Waals surface area contributed by atoms with Crippen LogP contribution in [0.1, 0.15) is 13.8 Å². The molecule has 134 valence electrons. The third-order valence-corrected chi connectivity index (χ3v) is 4.08. The molecule has 3 aromatic rings. The molecular weight excluding hydrogens is 352 g/mol. The van der Waals surface area contributed by atoms with E-state index in [0.717, 1.165) is 0 Å². The predicted molar refractivity (Wildman–Crippen MR) is 102 cm³/mol. The van der Waals surface area contributed by atoms with Gasteiger partial charge in [-0.3, -0.25) is 14.2 Å². The fraction of sp³-hybridized carbons (Fsp3) is 0.250. The second kappa shape index (κ2) is 7.70. The van der Waals surface area contributed by atoms with E-state index in [4.69, 9.17) is 16.3 Å². The summed E-state index contributed by atoms with van der Waals surface area (Å²) in [5.41, 5.74) is 1.00. The highest BCUT2D eigenvalue weighted by Crippen LogP contribution is 2.21. The van der Waals surface area contributed by atoms with Gasteiger partial charge in [-0.15, -0.1) is 0 Å². The van der Waals surface area contributed by atoms with Crippen molar-refractivity contribution in [3.8, 4) is 11.4 Å². The van der Waals surface area contributed by atoms with E-state index < -0.39 is 5.97 Å². The van der Waals surface area contributed by atoms with E-state index in [9.17, 15) is 9.59 Å². The number of halogens is 1. The maximum absolute atomic E-state index is 13.0. The molecule has 0 bridgehead atoms. The summed E-state index contributed by atoms with van der Waals surface area (Å²) in [7, 11) is 0. The van der Waals surface area contributed by atoms with E-state index >= 15 is 0 Å². The predicted octanol–water partition coefficient (Wildman–Crippen LogP) is 3.92. The summed E-state index contributed by atoms with van der Waals surface area (Å²) < 4.78 is 6.59. The van der Waals surface area contributed by atoms with Gasteiger partial charge >= 0.3 is 5.97 Å². The monoisotopic (exact) mass is 370 g/mol. The van der Waals surface area contributed by atoms with Crippen LogP contribution in [0.3, 0.4) is 0 Å². The Morgan fingerprint density at radius 2 is 1.85 bits per heavy atom. The van der Waals surface area contributed by atoms with Crippen molar-refractivity contribution < 1.29 is 9.53 Å².